The van der Waals surface area contributed by atoms with Crippen LogP contribution in [-0.2, 0) is 11.3 Å². The van der Waals surface area contributed by atoms with Crippen molar-refractivity contribution in [1.29, 1.82) is 0 Å². The molecule has 2 fully saturated rings. The smallest absolute Gasteiger partial charge is 0.374 e. The molecule has 2 bridgehead atoms. The monoisotopic (exact) mass is 435 g/mol. The number of hydrogen-bond acceptors (Lipinski definition) is 7. The maximum Gasteiger partial charge on any atom is 0.413 e. The van der Waals surface area contributed by atoms with Crippen molar-refractivity contribution >= 4 is 17.5 Å². The van der Waals surface area contributed by atoms with Crippen molar-refractivity contribution < 1.29 is 22.7 Å². The maximum absolute atomic E-state index is 14.1. The lowest BCUT2D eigenvalue weighted by Gasteiger charge is -2.36. The molecule has 31 heavy (non-hydrogen) atoms. The van der Waals surface area contributed by atoms with E-state index in [4.69, 9.17) is 4.74 Å². The van der Waals surface area contributed by atoms with Crippen LogP contribution in [0.5, 0.6) is 0 Å². The van der Waals surface area contributed by atoms with E-state index in [-0.39, 0.29) is 23.7 Å². The van der Waals surface area contributed by atoms with E-state index in [9.17, 15) is 22.8 Å². The van der Waals surface area contributed by atoms with Crippen molar-refractivity contribution in [2.75, 3.05) is 29.5 Å². The first-order chi connectivity index (χ1) is 14.7. The summed E-state index contributed by atoms with van der Waals surface area (Å²) in [6.07, 6.45) is -1.08. The third kappa shape index (κ3) is 3.10. The molecule has 0 amide bonds. The van der Waals surface area contributed by atoms with E-state index < -0.39 is 36.1 Å². The summed E-state index contributed by atoms with van der Waals surface area (Å²) in [5, 5.41) is 0. The lowest BCUT2D eigenvalue weighted by Crippen LogP contribution is -2.57. The molecule has 0 N–H and O–H groups in total. The predicted molar refractivity (Wildman–Crippen MR) is 104 cm³/mol. The minimum atomic E-state index is -4.69. The zero-order chi connectivity index (χ0) is 22.0. The fraction of sp³-hybridized carbons (Fsp3) is 0.500. The number of anilines is 2. The van der Waals surface area contributed by atoms with Gasteiger partial charge in [-0.05, 0) is 25.5 Å². The van der Waals surface area contributed by atoms with Crippen molar-refractivity contribution in [1.82, 2.24) is 14.5 Å². The van der Waals surface area contributed by atoms with Crippen LogP contribution < -0.4 is 15.4 Å². The van der Waals surface area contributed by atoms with Crippen LogP contribution in [0.15, 0.2) is 35.4 Å². The third-order valence-corrected chi connectivity index (χ3v) is 6.37. The summed E-state index contributed by atoms with van der Waals surface area (Å²) in [4.78, 5) is 36.7. The average Bonchev–Trinajstić information content (AvgIpc) is 3.43. The van der Waals surface area contributed by atoms with Gasteiger partial charge in [0.2, 0.25) is 5.95 Å². The molecule has 3 aliphatic heterocycles. The van der Waals surface area contributed by atoms with Gasteiger partial charge in [0.25, 0.3) is 5.56 Å². The van der Waals surface area contributed by atoms with Gasteiger partial charge in [0, 0.05) is 30.6 Å². The van der Waals surface area contributed by atoms with Crippen LogP contribution in [0.25, 0.3) is 0 Å². The number of morpholine rings is 1. The molecule has 3 atom stereocenters. The van der Waals surface area contributed by atoms with Crippen molar-refractivity contribution in [2.24, 2.45) is 0 Å². The van der Waals surface area contributed by atoms with E-state index in [0.29, 0.717) is 19.0 Å². The van der Waals surface area contributed by atoms with E-state index in [0.717, 1.165) is 22.8 Å². The number of ether oxygens (including phenoxy) is 1. The van der Waals surface area contributed by atoms with Crippen LogP contribution in [0.2, 0.25) is 0 Å². The first kappa shape index (κ1) is 20.0. The number of nitrogens with zero attached hydrogens (tertiary/aromatic N) is 5. The summed E-state index contributed by atoms with van der Waals surface area (Å²) >= 11 is 0. The molecule has 164 valence electrons. The highest BCUT2D eigenvalue weighted by atomic mass is 19.4. The average molecular weight is 435 g/mol. The number of rotatable bonds is 4. The minimum absolute atomic E-state index is 0.0338. The maximum atomic E-state index is 14.1. The lowest BCUT2D eigenvalue weighted by molar-refractivity contribution is -0.181. The molecule has 5 heterocycles. The molecule has 0 aliphatic carbocycles. The number of carbonyl (C=O) groups is 1. The Morgan fingerprint density at radius 1 is 1.39 bits per heavy atom. The van der Waals surface area contributed by atoms with E-state index in [1.807, 2.05) is 4.90 Å². The van der Waals surface area contributed by atoms with Crippen LogP contribution in [-0.4, -0.2) is 63.9 Å². The summed E-state index contributed by atoms with van der Waals surface area (Å²) in [7, 11) is 0. The Morgan fingerprint density at radius 3 is 2.81 bits per heavy atom. The van der Waals surface area contributed by atoms with E-state index in [2.05, 4.69) is 9.97 Å². The molecule has 8 nitrogen and oxygen atoms in total. The van der Waals surface area contributed by atoms with E-state index in [1.165, 1.54) is 24.5 Å². The van der Waals surface area contributed by atoms with Gasteiger partial charge in [-0.2, -0.15) is 18.2 Å². The van der Waals surface area contributed by atoms with Gasteiger partial charge in [-0.3, -0.25) is 19.1 Å². The van der Waals surface area contributed by atoms with Gasteiger partial charge in [-0.1, -0.05) is 0 Å². The molecule has 0 unspecified atom stereocenters. The lowest BCUT2D eigenvalue weighted by atomic mass is 10.00. The Morgan fingerprint density at radius 2 is 2.19 bits per heavy atom. The van der Waals surface area contributed by atoms with Gasteiger partial charge in [0.15, 0.2) is 11.3 Å². The van der Waals surface area contributed by atoms with Gasteiger partial charge >= 0.3 is 6.18 Å². The Kier molecular flexibility index (Phi) is 4.37. The molecule has 11 heteroatoms. The quantitative estimate of drug-likeness (QED) is 0.676. The number of halogens is 3. The second kappa shape index (κ2) is 6.78. The van der Waals surface area contributed by atoms with Gasteiger partial charge in [-0.15, -0.1) is 0 Å². The number of fused-ring (bicyclic) bond motifs is 3. The topological polar surface area (TPSA) is 80.6 Å². The fourth-order valence-corrected chi connectivity index (χ4v) is 4.53. The van der Waals surface area contributed by atoms with Crippen molar-refractivity contribution in [3.63, 3.8) is 0 Å². The first-order valence-electron chi connectivity index (χ1n) is 9.95. The zero-order valence-corrected chi connectivity index (χ0v) is 16.7. The molecule has 0 aromatic carbocycles. The predicted octanol–water partition coefficient (Wildman–Crippen LogP) is 1.64. The van der Waals surface area contributed by atoms with E-state index >= 15 is 0 Å². The van der Waals surface area contributed by atoms with Crippen LogP contribution in [0, 0.1) is 0 Å². The Labute approximate surface area is 175 Å². The normalized spacial score (nSPS) is 27.1. The number of carbonyl (C=O) groups excluding carboxylic acids is 1. The number of alkyl halides is 3. The van der Waals surface area contributed by atoms with Crippen molar-refractivity contribution in [3.05, 3.63) is 46.5 Å². The molecular weight excluding hydrogens is 415 g/mol. The van der Waals surface area contributed by atoms with Crippen molar-refractivity contribution in [3.8, 4) is 0 Å². The van der Waals surface area contributed by atoms with Gasteiger partial charge in [0.05, 0.1) is 31.8 Å². The highest BCUT2D eigenvalue weighted by Crippen LogP contribution is 2.43. The first-order valence-corrected chi connectivity index (χ1v) is 9.95. The van der Waals surface area contributed by atoms with Crippen molar-refractivity contribution in [2.45, 2.75) is 43.8 Å². The van der Waals surface area contributed by atoms with Crippen LogP contribution in [0.3, 0.4) is 0 Å². The highest BCUT2D eigenvalue weighted by Gasteiger charge is 2.60. The third-order valence-electron chi connectivity index (χ3n) is 6.37. The molecular formula is C20H20F3N5O3. The summed E-state index contributed by atoms with van der Waals surface area (Å²) in [5.41, 5.74) is -2.83. The Hall–Kier alpha value is -2.95. The number of ketones is 1. The molecule has 2 saturated heterocycles. The van der Waals surface area contributed by atoms with Crippen LogP contribution in [0.1, 0.15) is 23.7 Å². The van der Waals surface area contributed by atoms with Gasteiger partial charge < -0.3 is 14.5 Å². The van der Waals surface area contributed by atoms with E-state index in [1.54, 1.807) is 6.07 Å². The molecule has 0 radical (unpaired) electrons. The number of hydrogen-bond donors (Lipinski definition) is 0. The largest absolute Gasteiger partial charge is 0.413 e. The number of aromatic nitrogens is 3. The Bertz CT molecular complexity index is 1090. The summed E-state index contributed by atoms with van der Waals surface area (Å²) < 4.78 is 49.0. The Balaban J connectivity index is 1.56. The second-order valence-electron chi connectivity index (χ2n) is 8.36. The molecule has 2 aromatic heterocycles. The standard InChI is InChI=1S/C20H20F3N5O3/c1-19(20(21,22)23)11-27-17(30)6-16(26-8-14-5-13(26)10-31-14)25-18(27)28(19)9-15(29)12-3-2-4-24-7-12/h2-4,6-7,13-14H,5,8-11H2,1H3/t13-,14-,19-/m0/s1. The molecule has 0 saturated carbocycles. The highest BCUT2D eigenvalue weighted by molar-refractivity contribution is 5.99. The van der Waals surface area contributed by atoms with Crippen LogP contribution in [0.4, 0.5) is 24.9 Å². The van der Waals surface area contributed by atoms with Gasteiger partial charge in [0.1, 0.15) is 5.82 Å². The summed E-state index contributed by atoms with van der Waals surface area (Å²) in [6, 6.07) is 4.35. The fourth-order valence-electron chi connectivity index (χ4n) is 4.53. The number of Topliss-reactive ketones (excluding diaryl/α,β-unsaturated/α-hetero) is 1. The van der Waals surface area contributed by atoms with Crippen LogP contribution >= 0.6 is 0 Å². The van der Waals surface area contributed by atoms with Gasteiger partial charge in [-0.25, -0.2) is 0 Å². The summed E-state index contributed by atoms with van der Waals surface area (Å²) in [6.45, 7) is 0.809. The number of pyridine rings is 1. The SMILES string of the molecule is C[C@@]1(C(F)(F)F)Cn2c(nc(N3C[C@@H]4C[C@H]3CO4)cc2=O)N1CC(=O)c1cccnc1. The molecule has 2 aromatic rings. The molecule has 0 spiro atoms. The zero-order valence-electron chi connectivity index (χ0n) is 16.7. The molecule has 3 aliphatic rings. The second-order valence-corrected chi connectivity index (χ2v) is 8.36. The minimum Gasteiger partial charge on any atom is -0.374 e. The summed E-state index contributed by atoms with van der Waals surface area (Å²) in [5.74, 6) is -0.370. The molecule has 5 rings (SSSR count).